The van der Waals surface area contributed by atoms with Gasteiger partial charge in [0.05, 0.1) is 12.0 Å². The maximum absolute atomic E-state index is 12.6. The van der Waals surface area contributed by atoms with E-state index >= 15 is 0 Å². The number of carbonyl (C=O) groups is 1. The fraction of sp³-hybridized carbons (Fsp3) is 0.333. The van der Waals surface area contributed by atoms with Gasteiger partial charge in [-0.2, -0.15) is 13.2 Å². The molecule has 2 aromatic rings. The van der Waals surface area contributed by atoms with Crippen molar-refractivity contribution < 1.29 is 18.0 Å². The number of alkyl halides is 3. The van der Waals surface area contributed by atoms with Gasteiger partial charge in [-0.25, -0.2) is 4.98 Å². The first kappa shape index (κ1) is 15.3. The zero-order chi connectivity index (χ0) is 15.5. The number of benzene rings is 1. The lowest BCUT2D eigenvalue weighted by Gasteiger charge is -2.09. The normalized spacial score (nSPS) is 11.6. The molecule has 0 amide bonds. The maximum atomic E-state index is 12.6. The van der Waals surface area contributed by atoms with Crippen molar-refractivity contribution in [1.29, 1.82) is 0 Å². The summed E-state index contributed by atoms with van der Waals surface area (Å²) in [6.45, 7) is 2.73. The van der Waals surface area contributed by atoms with E-state index < -0.39 is 11.7 Å². The van der Waals surface area contributed by atoms with Gasteiger partial charge in [-0.15, -0.1) is 0 Å². The summed E-state index contributed by atoms with van der Waals surface area (Å²) in [5, 5.41) is 0. The molecule has 0 bridgehead atoms. The third-order valence-corrected chi connectivity index (χ3v) is 3.10. The van der Waals surface area contributed by atoms with Crippen molar-refractivity contribution in [2.24, 2.45) is 0 Å². The smallest absolute Gasteiger partial charge is 0.335 e. The van der Waals surface area contributed by atoms with Gasteiger partial charge in [0.2, 0.25) is 0 Å². The Kier molecular flexibility index (Phi) is 4.45. The Hall–Kier alpha value is -2.11. The molecule has 0 aliphatic carbocycles. The van der Waals surface area contributed by atoms with Crippen molar-refractivity contribution in [3.63, 3.8) is 0 Å². The van der Waals surface area contributed by atoms with Crippen LogP contribution in [0.1, 0.15) is 35.1 Å². The van der Waals surface area contributed by atoms with Crippen LogP contribution in [0.5, 0.6) is 0 Å². The highest BCUT2D eigenvalue weighted by atomic mass is 19.4. The molecule has 0 saturated carbocycles. The number of imidazole rings is 1. The minimum Gasteiger partial charge on any atom is -0.335 e. The fourth-order valence-corrected chi connectivity index (χ4v) is 2.07. The maximum Gasteiger partial charge on any atom is 0.416 e. The van der Waals surface area contributed by atoms with E-state index in [1.165, 1.54) is 12.1 Å². The first-order valence-electron chi connectivity index (χ1n) is 6.62. The van der Waals surface area contributed by atoms with Crippen LogP contribution in [0.25, 0.3) is 0 Å². The molecule has 0 fully saturated rings. The molecule has 1 aromatic carbocycles. The summed E-state index contributed by atoms with van der Waals surface area (Å²) in [5.41, 5.74) is -0.763. The predicted molar refractivity (Wildman–Crippen MR) is 72.0 cm³/mol. The minimum absolute atomic E-state index is 0.00564. The zero-order valence-corrected chi connectivity index (χ0v) is 11.5. The molecular weight excluding hydrogens is 281 g/mol. The number of halogens is 3. The number of carbonyl (C=O) groups excluding carboxylic acids is 1. The largest absolute Gasteiger partial charge is 0.416 e. The van der Waals surface area contributed by atoms with Crippen molar-refractivity contribution in [2.75, 3.05) is 0 Å². The van der Waals surface area contributed by atoms with E-state index in [0.717, 1.165) is 25.1 Å². The number of nitrogens with zero attached hydrogens (tertiary/aromatic N) is 2. The summed E-state index contributed by atoms with van der Waals surface area (Å²) in [4.78, 5) is 16.2. The molecule has 21 heavy (non-hydrogen) atoms. The second-order valence-electron chi connectivity index (χ2n) is 4.72. The topological polar surface area (TPSA) is 34.9 Å². The van der Waals surface area contributed by atoms with Crippen molar-refractivity contribution in [3.05, 3.63) is 53.6 Å². The van der Waals surface area contributed by atoms with E-state index in [1.54, 1.807) is 12.4 Å². The highest BCUT2D eigenvalue weighted by Gasteiger charge is 2.30. The second-order valence-corrected chi connectivity index (χ2v) is 4.72. The molecule has 0 spiro atoms. The van der Waals surface area contributed by atoms with Gasteiger partial charge in [0, 0.05) is 24.5 Å². The Bertz CT molecular complexity index is 632. The van der Waals surface area contributed by atoms with Gasteiger partial charge in [0.25, 0.3) is 0 Å². The molecule has 3 nitrogen and oxygen atoms in total. The highest BCUT2D eigenvalue weighted by Crippen LogP contribution is 2.29. The van der Waals surface area contributed by atoms with Crippen molar-refractivity contribution in [2.45, 2.75) is 32.5 Å². The zero-order valence-electron chi connectivity index (χ0n) is 11.5. The van der Waals surface area contributed by atoms with E-state index in [0.29, 0.717) is 5.82 Å². The van der Waals surface area contributed by atoms with Gasteiger partial charge < -0.3 is 4.57 Å². The molecule has 0 N–H and O–H groups in total. The van der Waals surface area contributed by atoms with Crippen LogP contribution in [0.2, 0.25) is 0 Å². The standard InChI is InChI=1S/C15H15F3N2O/c1-2-7-20-8-6-19-14(20)10-13(21)11-4-3-5-12(9-11)15(16,17)18/h3-6,8-9H,2,7,10H2,1H3. The van der Waals surface area contributed by atoms with Gasteiger partial charge in [-0.3, -0.25) is 4.79 Å². The van der Waals surface area contributed by atoms with Crippen LogP contribution in [0.4, 0.5) is 13.2 Å². The molecule has 2 rings (SSSR count). The van der Waals surface area contributed by atoms with Crippen molar-refractivity contribution in [1.82, 2.24) is 9.55 Å². The molecule has 0 radical (unpaired) electrons. The van der Waals surface area contributed by atoms with Gasteiger partial charge >= 0.3 is 6.18 Å². The van der Waals surface area contributed by atoms with Gasteiger partial charge in [0.15, 0.2) is 5.78 Å². The summed E-state index contributed by atoms with van der Waals surface area (Å²) in [6.07, 6.45) is -0.213. The minimum atomic E-state index is -4.45. The summed E-state index contributed by atoms with van der Waals surface area (Å²) >= 11 is 0. The average Bonchev–Trinajstić information content (AvgIpc) is 2.86. The number of hydrogen-bond acceptors (Lipinski definition) is 2. The van der Waals surface area contributed by atoms with Crippen LogP contribution in [-0.4, -0.2) is 15.3 Å². The Morgan fingerprint density at radius 3 is 2.76 bits per heavy atom. The van der Waals surface area contributed by atoms with Crippen LogP contribution >= 0.6 is 0 Å². The van der Waals surface area contributed by atoms with Crippen LogP contribution in [0, 0.1) is 0 Å². The van der Waals surface area contributed by atoms with E-state index in [-0.39, 0.29) is 17.8 Å². The quantitative estimate of drug-likeness (QED) is 0.788. The first-order chi connectivity index (χ1) is 9.91. The summed E-state index contributed by atoms with van der Waals surface area (Å²) in [5.74, 6) is 0.198. The monoisotopic (exact) mass is 296 g/mol. The molecule has 0 aliphatic heterocycles. The van der Waals surface area contributed by atoms with Crippen LogP contribution in [-0.2, 0) is 19.1 Å². The lowest BCUT2D eigenvalue weighted by molar-refractivity contribution is -0.137. The lowest BCUT2D eigenvalue weighted by atomic mass is 10.0. The first-order valence-corrected chi connectivity index (χ1v) is 6.62. The predicted octanol–water partition coefficient (Wildman–Crippen LogP) is 3.74. The number of aryl methyl sites for hydroxylation is 1. The molecule has 1 heterocycles. The third-order valence-electron chi connectivity index (χ3n) is 3.10. The Balaban J connectivity index is 2.19. The van der Waals surface area contributed by atoms with E-state index in [4.69, 9.17) is 0 Å². The third kappa shape index (κ3) is 3.71. The van der Waals surface area contributed by atoms with E-state index in [1.807, 2.05) is 11.5 Å². The van der Waals surface area contributed by atoms with Gasteiger partial charge in [-0.05, 0) is 18.6 Å². The number of hydrogen-bond donors (Lipinski definition) is 0. The number of rotatable bonds is 5. The average molecular weight is 296 g/mol. The van der Waals surface area contributed by atoms with Gasteiger partial charge in [0.1, 0.15) is 5.82 Å². The molecule has 0 saturated heterocycles. The Morgan fingerprint density at radius 2 is 2.10 bits per heavy atom. The lowest BCUT2D eigenvalue weighted by Crippen LogP contribution is -2.12. The molecule has 112 valence electrons. The molecule has 1 aromatic heterocycles. The molecule has 6 heteroatoms. The number of Topliss-reactive ketones (excluding diaryl/α,β-unsaturated/α-hetero) is 1. The summed E-state index contributed by atoms with van der Waals surface area (Å²) < 4.78 is 39.8. The van der Waals surface area contributed by atoms with Crippen molar-refractivity contribution in [3.8, 4) is 0 Å². The van der Waals surface area contributed by atoms with Crippen LogP contribution in [0.3, 0.4) is 0 Å². The van der Waals surface area contributed by atoms with E-state index in [9.17, 15) is 18.0 Å². The van der Waals surface area contributed by atoms with Crippen LogP contribution < -0.4 is 0 Å². The highest BCUT2D eigenvalue weighted by molar-refractivity contribution is 5.97. The SMILES string of the molecule is CCCn1ccnc1CC(=O)c1cccc(C(F)(F)F)c1. The van der Waals surface area contributed by atoms with E-state index in [2.05, 4.69) is 4.98 Å². The summed E-state index contributed by atoms with van der Waals surface area (Å²) in [7, 11) is 0. The van der Waals surface area contributed by atoms with Crippen LogP contribution in [0.15, 0.2) is 36.7 Å². The molecule has 0 unspecified atom stereocenters. The number of aromatic nitrogens is 2. The Labute approximate surface area is 120 Å². The number of ketones is 1. The summed E-state index contributed by atoms with van der Waals surface area (Å²) in [6, 6.07) is 4.48. The van der Waals surface area contributed by atoms with Crippen molar-refractivity contribution >= 4 is 5.78 Å². The van der Waals surface area contributed by atoms with Gasteiger partial charge in [-0.1, -0.05) is 19.1 Å². The fourth-order valence-electron chi connectivity index (χ4n) is 2.07. The molecule has 0 atom stereocenters. The second kappa shape index (κ2) is 6.11. The molecular formula is C15H15F3N2O. The Morgan fingerprint density at radius 1 is 1.33 bits per heavy atom. The molecule has 0 aliphatic rings.